The van der Waals surface area contributed by atoms with Gasteiger partial charge in [0.05, 0.1) is 6.61 Å². The Balaban J connectivity index is 1.88. The van der Waals surface area contributed by atoms with Crippen molar-refractivity contribution in [3.63, 3.8) is 0 Å². The topological polar surface area (TPSA) is 68.2 Å². The monoisotopic (exact) mass is 308 g/mol. The fourth-order valence-electron chi connectivity index (χ4n) is 1.82. The van der Waals surface area contributed by atoms with Gasteiger partial charge in [-0.15, -0.1) is 0 Å². The maximum absolute atomic E-state index is 8.96. The van der Waals surface area contributed by atoms with Crippen LogP contribution in [0, 0.1) is 6.92 Å². The van der Waals surface area contributed by atoms with Crippen LogP contribution in [0.3, 0.4) is 0 Å². The molecule has 2 rings (SSSR count). The van der Waals surface area contributed by atoms with Crippen LogP contribution in [0.25, 0.3) is 0 Å². The molecule has 0 radical (unpaired) electrons. The smallest absolute Gasteiger partial charge is 0.391 e. The molecule has 0 spiro atoms. The molecule has 21 heavy (non-hydrogen) atoms. The molecule has 2 aromatic carbocycles. The lowest BCUT2D eigenvalue weighted by Crippen LogP contribution is -2.04. The van der Waals surface area contributed by atoms with E-state index in [1.54, 1.807) is 18.2 Å². The maximum Gasteiger partial charge on any atom is 0.391 e. The van der Waals surface area contributed by atoms with Crippen LogP contribution in [0.15, 0.2) is 48.5 Å². The number of benzene rings is 2. The van der Waals surface area contributed by atoms with Crippen molar-refractivity contribution < 1.29 is 24.1 Å². The SMILES string of the molecule is Cc1ccc(OP(O)O)c(CCOOc2ccccc2)c1. The molecule has 0 aromatic heterocycles. The third-order valence-electron chi connectivity index (χ3n) is 2.75. The summed E-state index contributed by atoms with van der Waals surface area (Å²) in [6.45, 7) is 2.28. The van der Waals surface area contributed by atoms with Gasteiger partial charge in [-0.3, -0.25) is 0 Å². The van der Waals surface area contributed by atoms with Crippen molar-refractivity contribution in [1.29, 1.82) is 0 Å². The lowest BCUT2D eigenvalue weighted by molar-refractivity contribution is -0.205. The number of hydrogen-bond donors (Lipinski definition) is 2. The highest BCUT2D eigenvalue weighted by molar-refractivity contribution is 7.39. The van der Waals surface area contributed by atoms with Gasteiger partial charge in [0, 0.05) is 6.42 Å². The van der Waals surface area contributed by atoms with Gasteiger partial charge < -0.3 is 19.2 Å². The van der Waals surface area contributed by atoms with Crippen LogP contribution in [-0.2, 0) is 11.3 Å². The van der Waals surface area contributed by atoms with E-state index in [1.165, 1.54) is 0 Å². The molecule has 112 valence electrons. The molecule has 0 aliphatic heterocycles. The zero-order chi connectivity index (χ0) is 15.1. The van der Waals surface area contributed by atoms with E-state index >= 15 is 0 Å². The highest BCUT2D eigenvalue weighted by Crippen LogP contribution is 2.32. The Labute approximate surface area is 124 Å². The summed E-state index contributed by atoms with van der Waals surface area (Å²) in [7, 11) is -2.43. The summed E-state index contributed by atoms with van der Waals surface area (Å²) in [5, 5.41) is 0. The van der Waals surface area contributed by atoms with Gasteiger partial charge in [-0.25, -0.2) is 0 Å². The number of rotatable bonds is 7. The summed E-state index contributed by atoms with van der Waals surface area (Å²) in [5.41, 5.74) is 1.89. The van der Waals surface area contributed by atoms with Gasteiger partial charge in [0.1, 0.15) is 5.75 Å². The van der Waals surface area contributed by atoms with Gasteiger partial charge in [-0.1, -0.05) is 35.9 Å². The second-order valence-corrected chi connectivity index (χ2v) is 5.11. The summed E-state index contributed by atoms with van der Waals surface area (Å²) >= 11 is 0. The number of hydrogen-bond acceptors (Lipinski definition) is 5. The molecule has 0 bridgehead atoms. The lowest BCUT2D eigenvalue weighted by atomic mass is 10.1. The predicted octanol–water partition coefficient (Wildman–Crippen LogP) is 3.14. The van der Waals surface area contributed by atoms with E-state index in [2.05, 4.69) is 0 Å². The van der Waals surface area contributed by atoms with Crippen molar-refractivity contribution in [2.24, 2.45) is 0 Å². The summed E-state index contributed by atoms with van der Waals surface area (Å²) in [4.78, 5) is 28.2. The van der Waals surface area contributed by atoms with Crippen LogP contribution in [0.2, 0.25) is 0 Å². The molecule has 0 aliphatic carbocycles. The molecular weight excluding hydrogens is 291 g/mol. The molecule has 5 nitrogen and oxygen atoms in total. The average Bonchev–Trinajstić information content (AvgIpc) is 2.47. The normalized spacial score (nSPS) is 10.7. The van der Waals surface area contributed by atoms with Crippen LogP contribution in [0.1, 0.15) is 11.1 Å². The fraction of sp³-hybridized carbons (Fsp3) is 0.200. The van der Waals surface area contributed by atoms with E-state index in [9.17, 15) is 0 Å². The van der Waals surface area contributed by atoms with E-state index in [0.717, 1.165) is 11.1 Å². The minimum absolute atomic E-state index is 0.323. The first-order chi connectivity index (χ1) is 10.1. The summed E-state index contributed by atoms with van der Waals surface area (Å²) in [6.07, 6.45) is 0.535. The van der Waals surface area contributed by atoms with E-state index in [1.807, 2.05) is 37.3 Å². The van der Waals surface area contributed by atoms with Crippen LogP contribution in [0.4, 0.5) is 0 Å². The molecule has 0 saturated carbocycles. The molecule has 6 heteroatoms. The van der Waals surface area contributed by atoms with Crippen LogP contribution in [-0.4, -0.2) is 16.4 Å². The molecule has 0 atom stereocenters. The van der Waals surface area contributed by atoms with Gasteiger partial charge in [-0.05, 0) is 30.7 Å². The molecule has 0 saturated heterocycles. The second kappa shape index (κ2) is 7.96. The van der Waals surface area contributed by atoms with Crippen molar-refractivity contribution in [2.45, 2.75) is 13.3 Å². The summed E-state index contributed by atoms with van der Waals surface area (Å²) < 4.78 is 5.00. The average molecular weight is 308 g/mol. The highest BCUT2D eigenvalue weighted by Gasteiger charge is 2.09. The predicted molar refractivity (Wildman–Crippen MR) is 79.9 cm³/mol. The van der Waals surface area contributed by atoms with Gasteiger partial charge in [0.15, 0.2) is 5.75 Å². The largest absolute Gasteiger partial charge is 0.427 e. The van der Waals surface area contributed by atoms with E-state index < -0.39 is 8.60 Å². The third kappa shape index (κ3) is 5.33. The molecular formula is C15H17O5P. The van der Waals surface area contributed by atoms with Gasteiger partial charge in [0.25, 0.3) is 0 Å². The minimum Gasteiger partial charge on any atom is -0.427 e. The molecule has 2 aromatic rings. The lowest BCUT2D eigenvalue weighted by Gasteiger charge is -2.12. The molecule has 2 N–H and O–H groups in total. The summed E-state index contributed by atoms with van der Waals surface area (Å²) in [5.74, 6) is 1.08. The quantitative estimate of drug-likeness (QED) is 0.356. The summed E-state index contributed by atoms with van der Waals surface area (Å²) in [6, 6.07) is 14.7. The van der Waals surface area contributed by atoms with Crippen molar-refractivity contribution >= 4 is 8.60 Å². The minimum atomic E-state index is -2.43. The first kappa shape index (κ1) is 15.7. The van der Waals surface area contributed by atoms with Crippen LogP contribution in [0.5, 0.6) is 11.5 Å². The van der Waals surface area contributed by atoms with Crippen molar-refractivity contribution in [3.8, 4) is 11.5 Å². The molecule has 0 amide bonds. The van der Waals surface area contributed by atoms with Crippen molar-refractivity contribution in [2.75, 3.05) is 6.61 Å². The van der Waals surface area contributed by atoms with Crippen LogP contribution < -0.4 is 9.41 Å². The zero-order valence-corrected chi connectivity index (χ0v) is 12.5. The third-order valence-corrected chi connectivity index (χ3v) is 3.11. The Morgan fingerprint density at radius 3 is 2.52 bits per heavy atom. The Morgan fingerprint density at radius 1 is 1.05 bits per heavy atom. The highest BCUT2D eigenvalue weighted by atomic mass is 31.2. The maximum atomic E-state index is 8.96. The van der Waals surface area contributed by atoms with E-state index in [0.29, 0.717) is 24.5 Å². The standard InChI is InChI=1S/C15H17O5P/c1-12-7-8-15(20-21(16)17)13(11-12)9-10-18-19-14-5-3-2-4-6-14/h2-8,11,16-17H,9-10H2,1H3. The number of para-hydroxylation sites is 1. The van der Waals surface area contributed by atoms with Gasteiger partial charge in [-0.2, -0.15) is 4.89 Å². The first-order valence-corrected chi connectivity index (χ1v) is 7.61. The van der Waals surface area contributed by atoms with Crippen molar-refractivity contribution in [3.05, 3.63) is 59.7 Å². The Kier molecular flexibility index (Phi) is 5.96. The Bertz CT molecular complexity index is 559. The van der Waals surface area contributed by atoms with Gasteiger partial charge >= 0.3 is 8.60 Å². The van der Waals surface area contributed by atoms with E-state index in [-0.39, 0.29) is 0 Å². The number of aryl methyl sites for hydroxylation is 1. The fourth-order valence-corrected chi connectivity index (χ4v) is 2.17. The van der Waals surface area contributed by atoms with Crippen LogP contribution >= 0.6 is 8.60 Å². The Morgan fingerprint density at radius 2 is 1.81 bits per heavy atom. The Hall–Kier alpha value is -1.65. The molecule has 0 fully saturated rings. The molecule has 0 unspecified atom stereocenters. The second-order valence-electron chi connectivity index (χ2n) is 4.42. The molecule has 0 heterocycles. The first-order valence-electron chi connectivity index (χ1n) is 6.45. The molecule has 0 aliphatic rings. The zero-order valence-electron chi connectivity index (χ0n) is 11.6. The van der Waals surface area contributed by atoms with Crippen molar-refractivity contribution in [1.82, 2.24) is 0 Å². The van der Waals surface area contributed by atoms with Gasteiger partial charge in [0.2, 0.25) is 0 Å². The van der Waals surface area contributed by atoms with E-state index in [4.69, 9.17) is 24.1 Å².